The summed E-state index contributed by atoms with van der Waals surface area (Å²) in [5.41, 5.74) is 6.74. The maximum absolute atomic E-state index is 11.9. The fourth-order valence-electron chi connectivity index (χ4n) is 2.34. The number of likely N-dealkylation sites (tertiary alicyclic amines) is 1. The molecule has 0 saturated carbocycles. The fourth-order valence-corrected chi connectivity index (χ4v) is 2.51. The molecule has 7 heteroatoms. The number of nitrogens with two attached hydrogens (primary N) is 1. The summed E-state index contributed by atoms with van der Waals surface area (Å²) in [4.78, 5) is 13.8. The van der Waals surface area contributed by atoms with Crippen LogP contribution in [0.15, 0.2) is 18.2 Å². The van der Waals surface area contributed by atoms with Crippen LogP contribution in [-0.2, 0) is 4.79 Å². The number of nitrogens with one attached hydrogen (secondary N) is 1. The number of carbonyl (C=O) groups is 1. The van der Waals surface area contributed by atoms with Crippen LogP contribution >= 0.6 is 11.6 Å². The first kappa shape index (κ1) is 16.0. The van der Waals surface area contributed by atoms with Crippen LogP contribution in [0, 0.1) is 0 Å². The van der Waals surface area contributed by atoms with Crippen LogP contribution in [0.3, 0.4) is 0 Å². The molecule has 1 aromatic rings. The van der Waals surface area contributed by atoms with Gasteiger partial charge in [0, 0.05) is 24.5 Å². The highest BCUT2D eigenvalue weighted by Gasteiger charge is 2.28. The van der Waals surface area contributed by atoms with Crippen molar-refractivity contribution in [2.24, 2.45) is 0 Å². The van der Waals surface area contributed by atoms with Crippen molar-refractivity contribution in [3.05, 3.63) is 23.2 Å². The molecule has 1 heterocycles. The van der Waals surface area contributed by atoms with Gasteiger partial charge in [0.05, 0.1) is 23.6 Å². The lowest BCUT2D eigenvalue weighted by Crippen LogP contribution is -2.24. The summed E-state index contributed by atoms with van der Waals surface area (Å²) in [6.07, 6.45) is -0.393. The summed E-state index contributed by atoms with van der Waals surface area (Å²) < 4.78 is 0. The van der Waals surface area contributed by atoms with E-state index in [2.05, 4.69) is 5.32 Å². The molecule has 1 amide bonds. The standard InChI is InChI=1S/C14H20ClN3O3/c15-9-3-4-10(16)11(6-9)17-14(21)2-1-5-18-7-12(19)13(20)8-18/h3-4,6,12-13,19-20H,1-2,5,7-8,16H2,(H,17,21). The van der Waals surface area contributed by atoms with Crippen molar-refractivity contribution in [3.8, 4) is 0 Å². The molecule has 5 N–H and O–H groups in total. The van der Waals surface area contributed by atoms with Crippen LogP contribution in [0.2, 0.25) is 5.02 Å². The Morgan fingerprint density at radius 3 is 2.71 bits per heavy atom. The van der Waals surface area contributed by atoms with Gasteiger partial charge in [-0.2, -0.15) is 0 Å². The Morgan fingerprint density at radius 2 is 2.05 bits per heavy atom. The molecule has 0 aromatic heterocycles. The van der Waals surface area contributed by atoms with Crippen molar-refractivity contribution in [1.29, 1.82) is 0 Å². The summed E-state index contributed by atoms with van der Waals surface area (Å²) in [6, 6.07) is 4.92. The lowest BCUT2D eigenvalue weighted by molar-refractivity contribution is -0.116. The van der Waals surface area contributed by atoms with Gasteiger partial charge in [-0.25, -0.2) is 0 Å². The highest BCUT2D eigenvalue weighted by Crippen LogP contribution is 2.23. The maximum atomic E-state index is 11.9. The highest BCUT2D eigenvalue weighted by atomic mass is 35.5. The molecule has 1 fully saturated rings. The Bertz CT molecular complexity index is 502. The minimum absolute atomic E-state index is 0.135. The number of hydrogen-bond acceptors (Lipinski definition) is 5. The molecule has 1 aromatic carbocycles. The summed E-state index contributed by atoms with van der Waals surface area (Å²) >= 11 is 5.86. The molecule has 2 atom stereocenters. The van der Waals surface area contributed by atoms with Gasteiger partial charge in [-0.3, -0.25) is 9.69 Å². The number of aliphatic hydroxyl groups is 2. The first-order valence-electron chi connectivity index (χ1n) is 6.89. The molecule has 0 spiro atoms. The molecule has 0 radical (unpaired) electrons. The van der Waals surface area contributed by atoms with E-state index in [1.54, 1.807) is 18.2 Å². The van der Waals surface area contributed by atoms with Crippen LogP contribution in [-0.4, -0.2) is 52.9 Å². The third-order valence-corrected chi connectivity index (χ3v) is 3.74. The van der Waals surface area contributed by atoms with Gasteiger partial charge in [-0.1, -0.05) is 11.6 Å². The highest BCUT2D eigenvalue weighted by molar-refractivity contribution is 6.31. The SMILES string of the molecule is Nc1ccc(Cl)cc1NC(=O)CCCN1CC(O)C(O)C1. The molecule has 1 saturated heterocycles. The number of benzene rings is 1. The summed E-state index contributed by atoms with van der Waals surface area (Å²) in [7, 11) is 0. The number of nitrogen functional groups attached to an aromatic ring is 1. The molecule has 21 heavy (non-hydrogen) atoms. The number of halogens is 1. The van der Waals surface area contributed by atoms with E-state index in [9.17, 15) is 15.0 Å². The second-order valence-electron chi connectivity index (χ2n) is 5.28. The van der Waals surface area contributed by atoms with Crippen molar-refractivity contribution >= 4 is 28.9 Å². The number of amides is 1. The minimum Gasteiger partial charge on any atom is -0.397 e. The van der Waals surface area contributed by atoms with Gasteiger partial charge in [0.25, 0.3) is 0 Å². The summed E-state index contributed by atoms with van der Waals surface area (Å²) in [5.74, 6) is -0.135. The van der Waals surface area contributed by atoms with Crippen LogP contribution in [0.5, 0.6) is 0 Å². The van der Waals surface area contributed by atoms with E-state index >= 15 is 0 Å². The zero-order valence-corrected chi connectivity index (χ0v) is 12.4. The van der Waals surface area contributed by atoms with E-state index < -0.39 is 12.2 Å². The summed E-state index contributed by atoms with van der Waals surface area (Å²) in [5, 5.41) is 22.1. The van der Waals surface area contributed by atoms with Crippen LogP contribution in [0.4, 0.5) is 11.4 Å². The van der Waals surface area contributed by atoms with Gasteiger partial charge >= 0.3 is 0 Å². The molecule has 0 bridgehead atoms. The van der Waals surface area contributed by atoms with Crippen molar-refractivity contribution in [2.45, 2.75) is 25.0 Å². The van der Waals surface area contributed by atoms with E-state index in [-0.39, 0.29) is 5.91 Å². The Morgan fingerprint density at radius 1 is 1.38 bits per heavy atom. The topological polar surface area (TPSA) is 98.8 Å². The average Bonchev–Trinajstić information content (AvgIpc) is 2.73. The Balaban J connectivity index is 1.74. The van der Waals surface area contributed by atoms with Gasteiger partial charge in [0.2, 0.25) is 5.91 Å². The number of β-amino-alcohol motifs (C(OH)–C–C–N with tert-alkyl or cyclic N) is 2. The monoisotopic (exact) mass is 313 g/mol. The average molecular weight is 314 g/mol. The van der Waals surface area contributed by atoms with Crippen molar-refractivity contribution in [3.63, 3.8) is 0 Å². The van der Waals surface area contributed by atoms with Crippen molar-refractivity contribution in [2.75, 3.05) is 30.7 Å². The third kappa shape index (κ3) is 4.57. The number of carbonyl (C=O) groups excluding carboxylic acids is 1. The molecule has 1 aliphatic heterocycles. The normalized spacial score (nSPS) is 22.4. The molecule has 2 unspecified atom stereocenters. The number of nitrogens with zero attached hydrogens (tertiary/aromatic N) is 1. The van der Waals surface area contributed by atoms with E-state index in [0.717, 1.165) is 0 Å². The van der Waals surface area contributed by atoms with Crippen LogP contribution < -0.4 is 11.1 Å². The smallest absolute Gasteiger partial charge is 0.224 e. The van der Waals surface area contributed by atoms with E-state index in [1.807, 2.05) is 4.90 Å². The predicted octanol–water partition coefficient (Wildman–Crippen LogP) is 0.678. The van der Waals surface area contributed by atoms with E-state index in [1.165, 1.54) is 0 Å². The predicted molar refractivity (Wildman–Crippen MR) is 82.2 cm³/mol. The first-order valence-corrected chi connectivity index (χ1v) is 7.27. The van der Waals surface area contributed by atoms with Crippen molar-refractivity contribution < 1.29 is 15.0 Å². The third-order valence-electron chi connectivity index (χ3n) is 3.50. The zero-order chi connectivity index (χ0) is 15.4. The number of anilines is 2. The lowest BCUT2D eigenvalue weighted by Gasteiger charge is -2.14. The lowest BCUT2D eigenvalue weighted by atomic mass is 10.2. The second kappa shape index (κ2) is 7.09. The maximum Gasteiger partial charge on any atom is 0.224 e. The Labute approximate surface area is 128 Å². The summed E-state index contributed by atoms with van der Waals surface area (Å²) in [6.45, 7) is 1.56. The number of aliphatic hydroxyl groups excluding tert-OH is 2. The molecule has 2 rings (SSSR count). The van der Waals surface area contributed by atoms with Gasteiger partial charge in [0.1, 0.15) is 0 Å². The van der Waals surface area contributed by atoms with Gasteiger partial charge in [-0.05, 0) is 31.2 Å². The fraction of sp³-hybridized carbons (Fsp3) is 0.500. The molecule has 1 aliphatic rings. The largest absolute Gasteiger partial charge is 0.397 e. The molecule has 116 valence electrons. The zero-order valence-electron chi connectivity index (χ0n) is 11.6. The minimum atomic E-state index is -0.690. The molecular weight excluding hydrogens is 294 g/mol. The number of rotatable bonds is 5. The van der Waals surface area contributed by atoms with Gasteiger partial charge in [0.15, 0.2) is 0 Å². The molecule has 6 nitrogen and oxygen atoms in total. The van der Waals surface area contributed by atoms with Crippen LogP contribution in [0.25, 0.3) is 0 Å². The molecular formula is C14H20ClN3O3. The van der Waals surface area contributed by atoms with E-state index in [4.69, 9.17) is 17.3 Å². The van der Waals surface area contributed by atoms with Gasteiger partial charge in [-0.15, -0.1) is 0 Å². The Hall–Kier alpha value is -1.34. The van der Waals surface area contributed by atoms with Crippen LogP contribution in [0.1, 0.15) is 12.8 Å². The van der Waals surface area contributed by atoms with Crippen molar-refractivity contribution in [1.82, 2.24) is 4.90 Å². The number of hydrogen-bond donors (Lipinski definition) is 4. The van der Waals surface area contributed by atoms with E-state index in [0.29, 0.717) is 48.9 Å². The second-order valence-corrected chi connectivity index (χ2v) is 5.71. The quantitative estimate of drug-likeness (QED) is 0.599. The first-order chi connectivity index (χ1) is 9.95. The van der Waals surface area contributed by atoms with Gasteiger partial charge < -0.3 is 21.3 Å². The molecule has 0 aliphatic carbocycles. The Kier molecular flexibility index (Phi) is 5.41.